The Morgan fingerprint density at radius 3 is 2.53 bits per heavy atom. The molecule has 3 rings (SSSR count). The van der Waals surface area contributed by atoms with Crippen molar-refractivity contribution in [1.82, 2.24) is 4.98 Å². The minimum atomic E-state index is -1.02. The Bertz CT molecular complexity index is 1290. The Labute approximate surface area is 196 Å². The first-order valence-corrected chi connectivity index (χ1v) is 10.4. The van der Waals surface area contributed by atoms with Crippen LogP contribution in [-0.4, -0.2) is 23.2 Å². The van der Waals surface area contributed by atoms with Gasteiger partial charge in [0, 0.05) is 23.7 Å². The fourth-order valence-electron chi connectivity index (χ4n) is 3.35. The first-order valence-electron chi connectivity index (χ1n) is 9.63. The van der Waals surface area contributed by atoms with Crippen molar-refractivity contribution >= 4 is 57.0 Å². The number of carboxylic acid groups (broad SMARTS) is 1. The molecule has 0 amide bonds. The van der Waals surface area contributed by atoms with Gasteiger partial charge in [0.2, 0.25) is 0 Å². The number of methoxy groups -OCH3 is 1. The van der Waals surface area contributed by atoms with Crippen LogP contribution >= 0.6 is 23.2 Å². The van der Waals surface area contributed by atoms with Gasteiger partial charge in [0.1, 0.15) is 11.8 Å². The predicted molar refractivity (Wildman–Crippen MR) is 128 cm³/mol. The second-order valence-electron chi connectivity index (χ2n) is 8.13. The number of halogens is 2. The van der Waals surface area contributed by atoms with Crippen molar-refractivity contribution in [2.24, 2.45) is 5.41 Å². The third-order valence-corrected chi connectivity index (χ3v) is 5.49. The standard InChI is InChI=1S/C24H21Cl2N3O3/c1-24(2,3)16(8-22(30)31)13-5-6-15-19(7-13)28-12-14(11-27)23(15)29-20-10-21(32-4)18(26)9-17(20)25/h5-10,12H,1-4H3,(H,28,29)(H,30,31)/b16-8-. The Hall–Kier alpha value is -3.27. The van der Waals surface area contributed by atoms with Crippen molar-refractivity contribution in [3.63, 3.8) is 0 Å². The van der Waals surface area contributed by atoms with E-state index >= 15 is 0 Å². The van der Waals surface area contributed by atoms with Crippen molar-refractivity contribution < 1.29 is 14.6 Å². The van der Waals surface area contributed by atoms with Crippen molar-refractivity contribution in [2.75, 3.05) is 12.4 Å². The quantitative estimate of drug-likeness (QED) is 0.404. The zero-order valence-corrected chi connectivity index (χ0v) is 19.5. The van der Waals surface area contributed by atoms with Crippen LogP contribution in [0.2, 0.25) is 10.0 Å². The zero-order chi connectivity index (χ0) is 23.6. The summed E-state index contributed by atoms with van der Waals surface area (Å²) in [7, 11) is 1.50. The summed E-state index contributed by atoms with van der Waals surface area (Å²) >= 11 is 12.5. The summed E-state index contributed by atoms with van der Waals surface area (Å²) in [5.74, 6) is -0.581. The summed E-state index contributed by atoms with van der Waals surface area (Å²) in [6, 6.07) is 10.8. The van der Waals surface area contributed by atoms with Gasteiger partial charge in [-0.1, -0.05) is 56.1 Å². The number of ether oxygens (including phenoxy) is 1. The van der Waals surface area contributed by atoms with Crippen LogP contribution in [0, 0.1) is 16.7 Å². The van der Waals surface area contributed by atoms with Gasteiger partial charge in [-0.2, -0.15) is 5.26 Å². The van der Waals surface area contributed by atoms with Crippen LogP contribution in [0.25, 0.3) is 16.5 Å². The molecular formula is C24H21Cl2N3O3. The number of hydrogen-bond donors (Lipinski definition) is 2. The number of fused-ring (bicyclic) bond motifs is 1. The van der Waals surface area contributed by atoms with Crippen LogP contribution in [0.4, 0.5) is 11.4 Å². The van der Waals surface area contributed by atoms with E-state index in [9.17, 15) is 15.2 Å². The van der Waals surface area contributed by atoms with E-state index < -0.39 is 11.4 Å². The lowest BCUT2D eigenvalue weighted by Gasteiger charge is -2.23. The molecule has 2 N–H and O–H groups in total. The molecule has 0 aliphatic rings. The zero-order valence-electron chi connectivity index (χ0n) is 18.0. The highest BCUT2D eigenvalue weighted by molar-refractivity contribution is 6.37. The van der Waals surface area contributed by atoms with Gasteiger partial charge in [-0.3, -0.25) is 4.98 Å². The monoisotopic (exact) mass is 469 g/mol. The topological polar surface area (TPSA) is 95.2 Å². The van der Waals surface area contributed by atoms with Crippen molar-refractivity contribution in [1.29, 1.82) is 5.26 Å². The molecule has 3 aromatic rings. The van der Waals surface area contributed by atoms with Gasteiger partial charge >= 0.3 is 5.97 Å². The van der Waals surface area contributed by atoms with Gasteiger partial charge in [0.05, 0.1) is 39.6 Å². The van der Waals surface area contributed by atoms with Gasteiger partial charge in [-0.25, -0.2) is 4.79 Å². The molecule has 0 saturated carbocycles. The number of nitrogens with zero attached hydrogens (tertiary/aromatic N) is 2. The third-order valence-electron chi connectivity index (χ3n) is 4.88. The molecule has 0 aliphatic carbocycles. The average Bonchev–Trinajstić information content (AvgIpc) is 2.72. The van der Waals surface area contributed by atoms with E-state index in [4.69, 9.17) is 27.9 Å². The number of allylic oxidation sites excluding steroid dienone is 1. The normalized spacial score (nSPS) is 11.8. The first-order chi connectivity index (χ1) is 15.0. The predicted octanol–water partition coefficient (Wildman–Crippen LogP) is 6.68. The first kappa shape index (κ1) is 23.4. The van der Waals surface area contributed by atoms with E-state index in [0.717, 1.165) is 5.56 Å². The van der Waals surface area contributed by atoms with E-state index in [-0.39, 0.29) is 0 Å². The third kappa shape index (κ3) is 4.80. The minimum absolute atomic E-state index is 0.326. The number of pyridine rings is 1. The Kier molecular flexibility index (Phi) is 6.63. The molecule has 1 aromatic heterocycles. The molecule has 2 aromatic carbocycles. The maximum atomic E-state index is 11.4. The van der Waals surface area contributed by atoms with E-state index in [0.29, 0.717) is 49.2 Å². The molecule has 0 fully saturated rings. The van der Waals surface area contributed by atoms with E-state index in [1.54, 1.807) is 12.1 Å². The van der Waals surface area contributed by atoms with Crippen LogP contribution in [-0.2, 0) is 4.79 Å². The molecule has 0 unspecified atom stereocenters. The van der Waals surface area contributed by atoms with Crippen LogP contribution in [0.1, 0.15) is 31.9 Å². The maximum Gasteiger partial charge on any atom is 0.328 e. The lowest BCUT2D eigenvalue weighted by atomic mass is 9.81. The van der Waals surface area contributed by atoms with Crippen molar-refractivity contribution in [2.45, 2.75) is 20.8 Å². The maximum absolute atomic E-state index is 11.4. The number of aromatic nitrogens is 1. The number of benzene rings is 2. The number of anilines is 2. The summed E-state index contributed by atoms with van der Waals surface area (Å²) in [4.78, 5) is 15.8. The van der Waals surface area contributed by atoms with Crippen molar-refractivity contribution in [3.8, 4) is 11.8 Å². The fourth-order valence-corrected chi connectivity index (χ4v) is 3.86. The number of carbonyl (C=O) groups is 1. The Balaban J connectivity index is 2.18. The molecule has 0 atom stereocenters. The molecule has 8 heteroatoms. The number of rotatable bonds is 5. The Morgan fingerprint density at radius 1 is 1.22 bits per heavy atom. The molecule has 0 saturated heterocycles. The van der Waals surface area contributed by atoms with Gasteiger partial charge in [0.15, 0.2) is 0 Å². The molecule has 32 heavy (non-hydrogen) atoms. The lowest BCUT2D eigenvalue weighted by Crippen LogP contribution is -2.10. The molecule has 0 aliphatic heterocycles. The minimum Gasteiger partial charge on any atom is -0.495 e. The molecule has 1 heterocycles. The fraction of sp³-hybridized carbons (Fsp3) is 0.208. The van der Waals surface area contributed by atoms with Gasteiger partial charge in [-0.15, -0.1) is 0 Å². The number of nitriles is 1. The number of carboxylic acids is 1. The number of hydrogen-bond acceptors (Lipinski definition) is 5. The summed E-state index contributed by atoms with van der Waals surface area (Å²) < 4.78 is 5.27. The molecule has 0 bridgehead atoms. The number of nitrogens with one attached hydrogen (secondary N) is 1. The van der Waals surface area contributed by atoms with Crippen LogP contribution < -0.4 is 10.1 Å². The average molecular weight is 470 g/mol. The van der Waals surface area contributed by atoms with Crippen LogP contribution in [0.15, 0.2) is 42.6 Å². The molecule has 0 radical (unpaired) electrons. The summed E-state index contributed by atoms with van der Waals surface area (Å²) in [5.41, 5.74) is 2.97. The Morgan fingerprint density at radius 2 is 1.94 bits per heavy atom. The smallest absolute Gasteiger partial charge is 0.328 e. The highest BCUT2D eigenvalue weighted by Gasteiger charge is 2.21. The van der Waals surface area contributed by atoms with E-state index in [1.807, 2.05) is 39.0 Å². The summed E-state index contributed by atoms with van der Waals surface area (Å²) in [6.07, 6.45) is 2.68. The SMILES string of the molecule is COc1cc(Nc2c(C#N)cnc3cc(/C(=C/C(=O)O)C(C)(C)C)ccc23)c(Cl)cc1Cl. The second-order valence-corrected chi connectivity index (χ2v) is 8.94. The van der Waals surface area contributed by atoms with E-state index in [2.05, 4.69) is 16.4 Å². The van der Waals surface area contributed by atoms with Gasteiger partial charge in [-0.05, 0) is 28.7 Å². The molecule has 6 nitrogen and oxygen atoms in total. The molecular weight excluding hydrogens is 449 g/mol. The van der Waals surface area contributed by atoms with E-state index in [1.165, 1.54) is 19.4 Å². The largest absolute Gasteiger partial charge is 0.495 e. The lowest BCUT2D eigenvalue weighted by molar-refractivity contribution is -0.131. The molecule has 0 spiro atoms. The van der Waals surface area contributed by atoms with Gasteiger partial charge in [0.25, 0.3) is 0 Å². The van der Waals surface area contributed by atoms with Crippen molar-refractivity contribution in [3.05, 3.63) is 63.8 Å². The highest BCUT2D eigenvalue weighted by Crippen LogP contribution is 2.39. The van der Waals surface area contributed by atoms with Gasteiger partial charge < -0.3 is 15.2 Å². The number of aliphatic carboxylic acids is 1. The van der Waals surface area contributed by atoms with Crippen LogP contribution in [0.5, 0.6) is 5.75 Å². The second kappa shape index (κ2) is 9.07. The summed E-state index contributed by atoms with van der Waals surface area (Å²) in [5, 5.41) is 23.6. The highest BCUT2D eigenvalue weighted by atomic mass is 35.5. The molecule has 164 valence electrons. The summed E-state index contributed by atoms with van der Waals surface area (Å²) in [6.45, 7) is 5.84. The van der Waals surface area contributed by atoms with Crippen LogP contribution in [0.3, 0.4) is 0 Å².